The molecule has 0 radical (unpaired) electrons. The van der Waals surface area contributed by atoms with Crippen LogP contribution in [0.25, 0.3) is 0 Å². The average Bonchev–Trinajstić information content (AvgIpc) is 2.29. The molecule has 1 aliphatic heterocycles. The zero-order valence-corrected chi connectivity index (χ0v) is 10.6. The molecule has 0 bridgehead atoms. The molecular formula is C12H18N4O2. The van der Waals surface area contributed by atoms with Crippen molar-refractivity contribution in [1.82, 2.24) is 9.88 Å². The quantitative estimate of drug-likeness (QED) is 0.783. The van der Waals surface area contributed by atoms with Gasteiger partial charge >= 0.3 is 6.09 Å². The minimum atomic E-state index is -0.863. The van der Waals surface area contributed by atoms with Crippen LogP contribution in [0.3, 0.4) is 0 Å². The molecule has 2 rings (SSSR count). The van der Waals surface area contributed by atoms with Crippen LogP contribution in [-0.2, 0) is 0 Å². The Balaban J connectivity index is 2.20. The SMILES string of the molecule is CC1(C)CN(C(=O)O)CCN1c1ccc(N)nc1. The van der Waals surface area contributed by atoms with E-state index in [2.05, 4.69) is 9.88 Å². The summed E-state index contributed by atoms with van der Waals surface area (Å²) in [6, 6.07) is 3.68. The number of piperazine rings is 1. The first-order valence-electron chi connectivity index (χ1n) is 5.87. The number of nitrogens with two attached hydrogens (primary N) is 1. The number of rotatable bonds is 1. The van der Waals surface area contributed by atoms with Crippen LogP contribution in [0.5, 0.6) is 0 Å². The van der Waals surface area contributed by atoms with Crippen molar-refractivity contribution in [3.63, 3.8) is 0 Å². The van der Waals surface area contributed by atoms with Crippen LogP contribution >= 0.6 is 0 Å². The average molecular weight is 250 g/mol. The standard InChI is InChI=1S/C12H18N4O2/c1-12(2)8-15(11(17)18)5-6-16(12)9-3-4-10(13)14-7-9/h3-4,7H,5-6,8H2,1-2H3,(H2,13,14)(H,17,18). The molecule has 6 nitrogen and oxygen atoms in total. The number of pyridine rings is 1. The van der Waals surface area contributed by atoms with Crippen molar-refractivity contribution in [3.05, 3.63) is 18.3 Å². The molecule has 1 aliphatic rings. The molecule has 1 aromatic heterocycles. The van der Waals surface area contributed by atoms with E-state index in [1.165, 1.54) is 4.90 Å². The van der Waals surface area contributed by atoms with Crippen LogP contribution in [-0.4, -0.2) is 46.3 Å². The van der Waals surface area contributed by atoms with Gasteiger partial charge in [-0.2, -0.15) is 0 Å². The van der Waals surface area contributed by atoms with Crippen LogP contribution in [0.4, 0.5) is 16.3 Å². The highest BCUT2D eigenvalue weighted by molar-refractivity contribution is 5.66. The number of anilines is 2. The first-order valence-corrected chi connectivity index (χ1v) is 5.87. The van der Waals surface area contributed by atoms with E-state index in [-0.39, 0.29) is 5.54 Å². The normalized spacial score (nSPS) is 18.8. The predicted octanol–water partition coefficient (Wildman–Crippen LogP) is 1.24. The van der Waals surface area contributed by atoms with Gasteiger partial charge in [0, 0.05) is 19.6 Å². The molecular weight excluding hydrogens is 232 g/mol. The van der Waals surface area contributed by atoms with E-state index in [0.29, 0.717) is 25.5 Å². The number of hydrogen-bond donors (Lipinski definition) is 2. The molecule has 0 spiro atoms. The Bertz CT molecular complexity index is 444. The summed E-state index contributed by atoms with van der Waals surface area (Å²) in [5, 5.41) is 9.04. The fourth-order valence-corrected chi connectivity index (χ4v) is 2.35. The van der Waals surface area contributed by atoms with E-state index in [1.807, 2.05) is 19.9 Å². The Kier molecular flexibility index (Phi) is 3.02. The Morgan fingerprint density at radius 1 is 1.44 bits per heavy atom. The number of nitrogens with zero attached hydrogens (tertiary/aromatic N) is 3. The van der Waals surface area contributed by atoms with Crippen LogP contribution < -0.4 is 10.6 Å². The van der Waals surface area contributed by atoms with Gasteiger partial charge in [-0.25, -0.2) is 9.78 Å². The monoisotopic (exact) mass is 250 g/mol. The number of aromatic nitrogens is 1. The Morgan fingerprint density at radius 2 is 2.17 bits per heavy atom. The van der Waals surface area contributed by atoms with Gasteiger partial charge < -0.3 is 20.6 Å². The van der Waals surface area contributed by atoms with E-state index in [0.717, 1.165) is 5.69 Å². The lowest BCUT2D eigenvalue weighted by Gasteiger charge is -2.47. The number of hydrogen-bond acceptors (Lipinski definition) is 4. The molecule has 98 valence electrons. The summed E-state index contributed by atoms with van der Waals surface area (Å²) in [5.74, 6) is 0.487. The minimum absolute atomic E-state index is 0.256. The van der Waals surface area contributed by atoms with Crippen molar-refractivity contribution in [2.24, 2.45) is 0 Å². The van der Waals surface area contributed by atoms with Gasteiger partial charge in [-0.05, 0) is 26.0 Å². The molecule has 3 N–H and O–H groups in total. The summed E-state index contributed by atoms with van der Waals surface area (Å²) in [6.07, 6.45) is 0.867. The molecule has 0 aliphatic carbocycles. The van der Waals surface area contributed by atoms with Gasteiger partial charge in [-0.1, -0.05) is 0 Å². The van der Waals surface area contributed by atoms with Crippen molar-refractivity contribution < 1.29 is 9.90 Å². The van der Waals surface area contributed by atoms with Crippen molar-refractivity contribution in [2.75, 3.05) is 30.3 Å². The molecule has 2 heterocycles. The van der Waals surface area contributed by atoms with Gasteiger partial charge in [0.25, 0.3) is 0 Å². The maximum Gasteiger partial charge on any atom is 0.407 e. The minimum Gasteiger partial charge on any atom is -0.465 e. The van der Waals surface area contributed by atoms with Crippen LogP contribution in [0.15, 0.2) is 18.3 Å². The fraction of sp³-hybridized carbons (Fsp3) is 0.500. The van der Waals surface area contributed by atoms with Gasteiger partial charge in [-0.3, -0.25) is 0 Å². The fourth-order valence-electron chi connectivity index (χ4n) is 2.35. The van der Waals surface area contributed by atoms with Gasteiger partial charge in [0.1, 0.15) is 5.82 Å². The van der Waals surface area contributed by atoms with Crippen molar-refractivity contribution in [3.8, 4) is 0 Å². The molecule has 0 saturated carbocycles. The van der Waals surface area contributed by atoms with Gasteiger partial charge in [0.05, 0.1) is 17.4 Å². The predicted molar refractivity (Wildman–Crippen MR) is 69.7 cm³/mol. The third-order valence-corrected chi connectivity index (χ3v) is 3.25. The van der Waals surface area contributed by atoms with Crippen LogP contribution in [0, 0.1) is 0 Å². The van der Waals surface area contributed by atoms with E-state index in [4.69, 9.17) is 10.8 Å². The molecule has 0 unspecified atom stereocenters. The first kappa shape index (κ1) is 12.5. The van der Waals surface area contributed by atoms with Gasteiger partial charge in [0.15, 0.2) is 0 Å². The molecule has 1 aromatic rings. The Morgan fingerprint density at radius 3 is 2.67 bits per heavy atom. The van der Waals surface area contributed by atoms with E-state index in [9.17, 15) is 4.79 Å². The topological polar surface area (TPSA) is 82.7 Å². The molecule has 0 atom stereocenters. The highest BCUT2D eigenvalue weighted by Gasteiger charge is 2.35. The lowest BCUT2D eigenvalue weighted by molar-refractivity contribution is 0.123. The molecule has 1 amide bonds. The van der Waals surface area contributed by atoms with E-state index in [1.54, 1.807) is 12.3 Å². The molecule has 18 heavy (non-hydrogen) atoms. The third-order valence-electron chi connectivity index (χ3n) is 3.25. The number of carboxylic acid groups (broad SMARTS) is 1. The van der Waals surface area contributed by atoms with E-state index >= 15 is 0 Å². The number of amides is 1. The molecule has 1 fully saturated rings. The summed E-state index contributed by atoms with van der Waals surface area (Å²) in [5.41, 5.74) is 6.29. The lowest BCUT2D eigenvalue weighted by Crippen LogP contribution is -2.60. The van der Waals surface area contributed by atoms with Crippen LogP contribution in [0.1, 0.15) is 13.8 Å². The Labute approximate surface area is 106 Å². The second-order valence-electron chi connectivity index (χ2n) is 5.11. The Hall–Kier alpha value is -1.98. The summed E-state index contributed by atoms with van der Waals surface area (Å²) in [6.45, 7) is 5.69. The zero-order chi connectivity index (χ0) is 13.3. The van der Waals surface area contributed by atoms with Crippen molar-refractivity contribution >= 4 is 17.6 Å². The number of carbonyl (C=O) groups is 1. The largest absolute Gasteiger partial charge is 0.465 e. The second-order valence-corrected chi connectivity index (χ2v) is 5.11. The second kappa shape index (κ2) is 4.36. The third kappa shape index (κ3) is 2.32. The highest BCUT2D eigenvalue weighted by atomic mass is 16.4. The summed E-state index contributed by atoms with van der Waals surface area (Å²) in [7, 11) is 0. The van der Waals surface area contributed by atoms with Gasteiger partial charge in [-0.15, -0.1) is 0 Å². The molecule has 1 saturated heterocycles. The van der Waals surface area contributed by atoms with Gasteiger partial charge in [0.2, 0.25) is 0 Å². The lowest BCUT2D eigenvalue weighted by atomic mass is 9.98. The van der Waals surface area contributed by atoms with Crippen LogP contribution in [0.2, 0.25) is 0 Å². The highest BCUT2D eigenvalue weighted by Crippen LogP contribution is 2.27. The molecule has 0 aromatic carbocycles. The first-order chi connectivity index (χ1) is 8.40. The van der Waals surface area contributed by atoms with Crippen molar-refractivity contribution in [2.45, 2.75) is 19.4 Å². The summed E-state index contributed by atoms with van der Waals surface area (Å²) >= 11 is 0. The zero-order valence-electron chi connectivity index (χ0n) is 10.6. The summed E-state index contributed by atoms with van der Waals surface area (Å²) < 4.78 is 0. The number of nitrogen functional groups attached to an aromatic ring is 1. The molecule has 6 heteroatoms. The van der Waals surface area contributed by atoms with E-state index < -0.39 is 6.09 Å². The van der Waals surface area contributed by atoms with Crippen molar-refractivity contribution in [1.29, 1.82) is 0 Å². The maximum absolute atomic E-state index is 11.0. The smallest absolute Gasteiger partial charge is 0.407 e. The summed E-state index contributed by atoms with van der Waals surface area (Å²) in [4.78, 5) is 18.7. The maximum atomic E-state index is 11.0.